The summed E-state index contributed by atoms with van der Waals surface area (Å²) in [6, 6.07) is 9.02. The van der Waals surface area contributed by atoms with E-state index in [1.807, 2.05) is 0 Å². The minimum atomic E-state index is -0.441. The van der Waals surface area contributed by atoms with Crippen molar-refractivity contribution < 1.29 is 13.9 Å². The van der Waals surface area contributed by atoms with Crippen molar-refractivity contribution in [3.05, 3.63) is 52.3 Å². The highest BCUT2D eigenvalue weighted by molar-refractivity contribution is 9.10. The van der Waals surface area contributed by atoms with Gasteiger partial charge in [-0.25, -0.2) is 4.39 Å². The number of carbonyl (C=O) groups is 1. The molecule has 0 saturated heterocycles. The molecule has 4 nitrogen and oxygen atoms in total. The van der Waals surface area contributed by atoms with E-state index in [1.165, 1.54) is 25.2 Å². The van der Waals surface area contributed by atoms with Crippen LogP contribution in [0.3, 0.4) is 0 Å². The monoisotopic (exact) mass is 338 g/mol. The predicted molar refractivity (Wildman–Crippen MR) is 78.4 cm³/mol. The summed E-state index contributed by atoms with van der Waals surface area (Å²) in [6.07, 6.45) is 0. The molecule has 0 unspecified atom stereocenters. The van der Waals surface area contributed by atoms with Crippen molar-refractivity contribution in [2.45, 2.75) is 0 Å². The Balaban J connectivity index is 2.32. The first-order valence-corrected chi connectivity index (χ1v) is 6.55. The van der Waals surface area contributed by atoms with Gasteiger partial charge in [-0.1, -0.05) is 0 Å². The van der Waals surface area contributed by atoms with Crippen LogP contribution in [0.1, 0.15) is 10.4 Å². The highest BCUT2D eigenvalue weighted by atomic mass is 79.9. The summed E-state index contributed by atoms with van der Waals surface area (Å²) in [4.78, 5) is 11.6. The number of anilines is 1. The van der Waals surface area contributed by atoms with Gasteiger partial charge in [-0.05, 0) is 46.3 Å². The molecular weight excluding hydrogens is 327 g/mol. The Morgan fingerprint density at radius 3 is 2.70 bits per heavy atom. The normalized spacial score (nSPS) is 10.2. The Morgan fingerprint density at radius 1 is 1.30 bits per heavy atom. The number of amides is 1. The van der Waals surface area contributed by atoms with Gasteiger partial charge in [0.1, 0.15) is 11.6 Å². The summed E-state index contributed by atoms with van der Waals surface area (Å²) in [6.45, 7) is 0. The first-order valence-electron chi connectivity index (χ1n) is 5.76. The number of halogens is 2. The largest absolute Gasteiger partial charge is 0.455 e. The van der Waals surface area contributed by atoms with Gasteiger partial charge in [0.25, 0.3) is 5.91 Å². The molecule has 0 aliphatic carbocycles. The molecule has 20 heavy (non-hydrogen) atoms. The van der Waals surface area contributed by atoms with E-state index in [0.717, 1.165) is 0 Å². The average Bonchev–Trinajstić information content (AvgIpc) is 2.44. The summed E-state index contributed by atoms with van der Waals surface area (Å²) >= 11 is 3.06. The van der Waals surface area contributed by atoms with Gasteiger partial charge < -0.3 is 15.8 Å². The molecule has 0 aliphatic heterocycles. The van der Waals surface area contributed by atoms with Gasteiger partial charge in [0.2, 0.25) is 0 Å². The van der Waals surface area contributed by atoms with Gasteiger partial charge in [-0.15, -0.1) is 0 Å². The van der Waals surface area contributed by atoms with Crippen LogP contribution in [-0.4, -0.2) is 13.0 Å². The molecule has 0 radical (unpaired) electrons. The van der Waals surface area contributed by atoms with Gasteiger partial charge in [0.05, 0.1) is 10.2 Å². The zero-order chi connectivity index (χ0) is 14.7. The quantitative estimate of drug-likeness (QED) is 0.843. The van der Waals surface area contributed by atoms with Crippen molar-refractivity contribution in [1.29, 1.82) is 0 Å². The van der Waals surface area contributed by atoms with E-state index < -0.39 is 5.82 Å². The molecule has 1 amide bonds. The topological polar surface area (TPSA) is 64.4 Å². The van der Waals surface area contributed by atoms with E-state index in [4.69, 9.17) is 10.5 Å². The molecule has 104 valence electrons. The molecule has 2 rings (SSSR count). The van der Waals surface area contributed by atoms with Crippen molar-refractivity contribution in [2.75, 3.05) is 12.8 Å². The molecule has 0 heterocycles. The van der Waals surface area contributed by atoms with E-state index in [2.05, 4.69) is 21.2 Å². The summed E-state index contributed by atoms with van der Waals surface area (Å²) in [5.41, 5.74) is 6.56. The summed E-state index contributed by atoms with van der Waals surface area (Å²) in [7, 11) is 1.53. The molecule has 0 atom stereocenters. The third-order valence-electron chi connectivity index (χ3n) is 2.62. The number of nitrogen functional groups attached to an aromatic ring is 1. The van der Waals surface area contributed by atoms with E-state index in [9.17, 15) is 9.18 Å². The molecule has 2 aromatic rings. The lowest BCUT2D eigenvalue weighted by molar-refractivity contribution is 0.0963. The molecule has 0 saturated carbocycles. The summed E-state index contributed by atoms with van der Waals surface area (Å²) < 4.78 is 19.3. The number of ether oxygens (including phenoxy) is 1. The van der Waals surface area contributed by atoms with Crippen LogP contribution >= 0.6 is 15.9 Å². The van der Waals surface area contributed by atoms with Crippen molar-refractivity contribution in [1.82, 2.24) is 5.32 Å². The molecule has 0 fully saturated rings. The van der Waals surface area contributed by atoms with Crippen LogP contribution in [0.5, 0.6) is 11.5 Å². The fourth-order valence-corrected chi connectivity index (χ4v) is 1.82. The van der Waals surface area contributed by atoms with Gasteiger partial charge >= 0.3 is 0 Å². The predicted octanol–water partition coefficient (Wildman–Crippen LogP) is 3.32. The molecule has 0 spiro atoms. The van der Waals surface area contributed by atoms with Gasteiger partial charge in [0.15, 0.2) is 5.75 Å². The van der Waals surface area contributed by atoms with E-state index in [1.54, 1.807) is 18.2 Å². The zero-order valence-electron chi connectivity index (χ0n) is 10.6. The van der Waals surface area contributed by atoms with Crippen LogP contribution in [0.25, 0.3) is 0 Å². The Bertz CT molecular complexity index is 662. The molecule has 3 N–H and O–H groups in total. The highest BCUT2D eigenvalue weighted by Gasteiger charge is 2.09. The van der Waals surface area contributed by atoms with Crippen LogP contribution < -0.4 is 15.8 Å². The fourth-order valence-electron chi connectivity index (χ4n) is 1.58. The lowest BCUT2D eigenvalue weighted by Gasteiger charge is -2.10. The summed E-state index contributed by atoms with van der Waals surface area (Å²) in [5.74, 6) is -0.0976. The van der Waals surface area contributed by atoms with Crippen LogP contribution in [0.4, 0.5) is 10.1 Å². The Kier molecular flexibility index (Phi) is 4.24. The molecule has 0 bridgehead atoms. The van der Waals surface area contributed by atoms with Crippen molar-refractivity contribution in [2.24, 2.45) is 0 Å². The van der Waals surface area contributed by atoms with Gasteiger partial charge in [-0.2, -0.15) is 0 Å². The second kappa shape index (κ2) is 5.92. The Hall–Kier alpha value is -2.08. The van der Waals surface area contributed by atoms with Crippen molar-refractivity contribution in [3.63, 3.8) is 0 Å². The van der Waals surface area contributed by atoms with Crippen LogP contribution in [0.15, 0.2) is 40.9 Å². The third kappa shape index (κ3) is 3.08. The minimum absolute atomic E-state index is 0.253. The van der Waals surface area contributed by atoms with Crippen LogP contribution in [0.2, 0.25) is 0 Å². The maximum absolute atomic E-state index is 13.4. The fraction of sp³-hybridized carbons (Fsp3) is 0.0714. The smallest absolute Gasteiger partial charge is 0.251 e. The maximum Gasteiger partial charge on any atom is 0.251 e. The molecule has 6 heteroatoms. The lowest BCUT2D eigenvalue weighted by Crippen LogP contribution is -2.17. The lowest BCUT2D eigenvalue weighted by atomic mass is 10.2. The minimum Gasteiger partial charge on any atom is -0.455 e. The van der Waals surface area contributed by atoms with Crippen molar-refractivity contribution in [3.8, 4) is 11.5 Å². The number of hydrogen-bond acceptors (Lipinski definition) is 3. The third-order valence-corrected chi connectivity index (χ3v) is 3.26. The number of hydrogen-bond donors (Lipinski definition) is 2. The molecular formula is C14H12BrFN2O2. The SMILES string of the molecule is CNC(=O)c1ccc(N)c(Oc2ccc(Br)c(F)c2)c1. The van der Waals surface area contributed by atoms with Crippen LogP contribution in [0, 0.1) is 5.82 Å². The molecule has 0 aromatic heterocycles. The van der Waals surface area contributed by atoms with Crippen molar-refractivity contribution >= 4 is 27.5 Å². The van der Waals surface area contributed by atoms with Crippen LogP contribution in [-0.2, 0) is 0 Å². The maximum atomic E-state index is 13.4. The van der Waals surface area contributed by atoms with E-state index in [-0.39, 0.29) is 5.91 Å². The second-order valence-electron chi connectivity index (χ2n) is 4.01. The number of carbonyl (C=O) groups excluding carboxylic acids is 1. The highest BCUT2D eigenvalue weighted by Crippen LogP contribution is 2.30. The number of rotatable bonds is 3. The molecule has 0 aliphatic rings. The van der Waals surface area contributed by atoms with E-state index in [0.29, 0.717) is 27.2 Å². The number of benzene rings is 2. The summed E-state index contributed by atoms with van der Waals surface area (Å²) in [5, 5.41) is 2.51. The molecule has 2 aromatic carbocycles. The van der Waals surface area contributed by atoms with E-state index >= 15 is 0 Å². The zero-order valence-corrected chi connectivity index (χ0v) is 12.2. The number of nitrogens with one attached hydrogen (secondary N) is 1. The van der Waals surface area contributed by atoms with Gasteiger partial charge in [-0.3, -0.25) is 4.79 Å². The Labute approximate surface area is 123 Å². The first kappa shape index (κ1) is 14.3. The standard InChI is InChI=1S/C14H12BrFN2O2/c1-18-14(19)8-2-5-12(17)13(6-8)20-9-3-4-10(15)11(16)7-9/h2-7H,17H2,1H3,(H,18,19). The number of nitrogens with two attached hydrogens (primary N) is 1. The Morgan fingerprint density at radius 2 is 2.05 bits per heavy atom. The first-order chi connectivity index (χ1) is 9.51. The van der Waals surface area contributed by atoms with Gasteiger partial charge in [0, 0.05) is 18.7 Å². The average molecular weight is 339 g/mol. The second-order valence-corrected chi connectivity index (χ2v) is 4.86.